The van der Waals surface area contributed by atoms with Crippen molar-refractivity contribution in [1.29, 1.82) is 5.41 Å². The molecule has 0 radical (unpaired) electrons. The van der Waals surface area contributed by atoms with Gasteiger partial charge >= 0.3 is 0 Å². The molecule has 0 saturated heterocycles. The van der Waals surface area contributed by atoms with Gasteiger partial charge in [-0.15, -0.1) is 0 Å². The first-order chi connectivity index (χ1) is 9.34. The van der Waals surface area contributed by atoms with Crippen LogP contribution >= 0.6 is 11.5 Å². The molecule has 3 rings (SSSR count). The van der Waals surface area contributed by atoms with Crippen LogP contribution in [0.4, 0.5) is 11.8 Å². The van der Waals surface area contributed by atoms with Crippen molar-refractivity contribution >= 4 is 23.3 Å². The van der Waals surface area contributed by atoms with Crippen LogP contribution in [0.5, 0.6) is 0 Å². The molecular weight excluding hydrogens is 260 g/mol. The Bertz CT molecular complexity index is 719. The third-order valence-electron chi connectivity index (χ3n) is 2.42. The molecular formula is C12H10N6S. The second-order valence-corrected chi connectivity index (χ2v) is 4.43. The highest BCUT2D eigenvalue weighted by atomic mass is 32.1. The lowest BCUT2D eigenvalue weighted by molar-refractivity contribution is 0.929. The Labute approximate surface area is 113 Å². The first-order valence-electron chi connectivity index (χ1n) is 5.57. The third kappa shape index (κ3) is 2.36. The Balaban J connectivity index is 2.03. The second-order valence-electron chi connectivity index (χ2n) is 3.67. The van der Waals surface area contributed by atoms with Crippen molar-refractivity contribution in [3.8, 4) is 5.82 Å². The van der Waals surface area contributed by atoms with Gasteiger partial charge in [-0.25, -0.2) is 14.5 Å². The minimum absolute atomic E-state index is 0.303. The normalized spacial score (nSPS) is 10.3. The molecule has 3 aromatic rings. The second kappa shape index (κ2) is 4.99. The van der Waals surface area contributed by atoms with Crippen LogP contribution in [0.15, 0.2) is 48.8 Å². The van der Waals surface area contributed by atoms with Crippen molar-refractivity contribution in [3.05, 3.63) is 53.6 Å². The van der Waals surface area contributed by atoms with Gasteiger partial charge in [0, 0.05) is 23.9 Å². The molecule has 0 amide bonds. The van der Waals surface area contributed by atoms with E-state index in [0.29, 0.717) is 22.4 Å². The van der Waals surface area contributed by atoms with E-state index < -0.39 is 0 Å². The summed E-state index contributed by atoms with van der Waals surface area (Å²) in [7, 11) is 0. The maximum Gasteiger partial charge on any atom is 0.227 e. The Kier molecular flexibility index (Phi) is 3.03. The van der Waals surface area contributed by atoms with E-state index in [1.165, 1.54) is 0 Å². The maximum atomic E-state index is 7.91. The van der Waals surface area contributed by atoms with E-state index in [0.717, 1.165) is 11.5 Å². The molecule has 0 unspecified atom stereocenters. The van der Waals surface area contributed by atoms with Crippen LogP contribution in [0.25, 0.3) is 5.82 Å². The molecule has 6 nitrogen and oxygen atoms in total. The first-order valence-corrected chi connectivity index (χ1v) is 6.35. The van der Waals surface area contributed by atoms with Gasteiger partial charge < -0.3 is 5.32 Å². The van der Waals surface area contributed by atoms with E-state index in [4.69, 9.17) is 5.41 Å². The third-order valence-corrected chi connectivity index (χ3v) is 3.04. The predicted octanol–water partition coefficient (Wildman–Crippen LogP) is 1.95. The molecule has 2 N–H and O–H groups in total. The van der Waals surface area contributed by atoms with Gasteiger partial charge in [0.1, 0.15) is 11.6 Å². The molecule has 0 bridgehead atoms. The molecule has 94 valence electrons. The Morgan fingerprint density at radius 1 is 1.05 bits per heavy atom. The van der Waals surface area contributed by atoms with Crippen LogP contribution in [-0.2, 0) is 0 Å². The van der Waals surface area contributed by atoms with Gasteiger partial charge in [0.2, 0.25) is 10.7 Å². The number of hydrogen-bond donors (Lipinski definition) is 2. The van der Waals surface area contributed by atoms with Crippen LogP contribution in [-0.4, -0.2) is 18.9 Å². The Morgan fingerprint density at radius 2 is 1.84 bits per heavy atom. The summed E-state index contributed by atoms with van der Waals surface area (Å²) in [4.78, 5) is 8.71. The molecule has 0 spiro atoms. The summed E-state index contributed by atoms with van der Waals surface area (Å²) in [6.07, 6.45) is 3.38. The highest BCUT2D eigenvalue weighted by molar-refractivity contribution is 7.03. The summed E-state index contributed by atoms with van der Waals surface area (Å²) < 4.78 is 5.85. The highest BCUT2D eigenvalue weighted by Gasteiger charge is 2.09. The van der Waals surface area contributed by atoms with Crippen molar-refractivity contribution in [1.82, 2.24) is 18.9 Å². The van der Waals surface area contributed by atoms with E-state index >= 15 is 0 Å². The van der Waals surface area contributed by atoms with Crippen LogP contribution in [0.3, 0.4) is 0 Å². The zero-order chi connectivity index (χ0) is 13.1. The number of rotatable bonds is 3. The zero-order valence-corrected chi connectivity index (χ0v) is 10.6. The predicted molar refractivity (Wildman–Crippen MR) is 72.6 cm³/mol. The SMILES string of the molecule is N=c1snc(Nc2ccccn2)n1-c1ccccn1. The highest BCUT2D eigenvalue weighted by Crippen LogP contribution is 2.14. The number of nitrogens with zero attached hydrogens (tertiary/aromatic N) is 4. The van der Waals surface area contributed by atoms with Crippen LogP contribution < -0.4 is 10.1 Å². The summed E-state index contributed by atoms with van der Waals surface area (Å²) in [5, 5.41) is 11.0. The van der Waals surface area contributed by atoms with E-state index in [-0.39, 0.29) is 0 Å². The number of hydrogen-bond acceptors (Lipinski definition) is 6. The standard InChI is InChI=1S/C12H10N6S/c13-11-18(10-6-2-4-8-15-10)12(17-19-11)16-9-5-1-3-7-14-9/h1-8,13H,(H,14,16,17). The maximum absolute atomic E-state index is 7.91. The lowest BCUT2D eigenvalue weighted by atomic mass is 10.4. The molecule has 3 aromatic heterocycles. The van der Waals surface area contributed by atoms with Gasteiger partial charge in [-0.05, 0) is 24.3 Å². The number of anilines is 2. The summed E-state index contributed by atoms with van der Waals surface area (Å²) in [5.74, 6) is 1.87. The van der Waals surface area contributed by atoms with Crippen molar-refractivity contribution in [2.45, 2.75) is 0 Å². The topological polar surface area (TPSA) is 79.5 Å². The first kappa shape index (κ1) is 11.5. The Morgan fingerprint density at radius 3 is 2.53 bits per heavy atom. The van der Waals surface area contributed by atoms with E-state index in [1.807, 2.05) is 36.4 Å². The van der Waals surface area contributed by atoms with Gasteiger partial charge in [-0.2, -0.15) is 4.37 Å². The van der Waals surface area contributed by atoms with Gasteiger partial charge in [-0.1, -0.05) is 12.1 Å². The molecule has 0 saturated carbocycles. The van der Waals surface area contributed by atoms with Gasteiger partial charge in [0.15, 0.2) is 0 Å². The van der Waals surface area contributed by atoms with Crippen molar-refractivity contribution < 1.29 is 0 Å². The molecule has 3 heterocycles. The van der Waals surface area contributed by atoms with Crippen molar-refractivity contribution in [2.24, 2.45) is 0 Å². The lowest BCUT2D eigenvalue weighted by Gasteiger charge is -2.07. The molecule has 0 atom stereocenters. The van der Waals surface area contributed by atoms with E-state index in [9.17, 15) is 0 Å². The van der Waals surface area contributed by atoms with Crippen LogP contribution in [0, 0.1) is 5.41 Å². The van der Waals surface area contributed by atoms with E-state index in [2.05, 4.69) is 19.7 Å². The monoisotopic (exact) mass is 270 g/mol. The largest absolute Gasteiger partial charge is 0.309 e. The smallest absolute Gasteiger partial charge is 0.227 e. The average molecular weight is 270 g/mol. The minimum Gasteiger partial charge on any atom is -0.309 e. The van der Waals surface area contributed by atoms with Crippen LogP contribution in [0.1, 0.15) is 0 Å². The van der Waals surface area contributed by atoms with Gasteiger partial charge in [-0.3, -0.25) is 5.41 Å². The average Bonchev–Trinajstić information content (AvgIpc) is 2.82. The van der Waals surface area contributed by atoms with Crippen molar-refractivity contribution in [2.75, 3.05) is 5.32 Å². The van der Waals surface area contributed by atoms with Gasteiger partial charge in [0.05, 0.1) is 0 Å². The molecule has 0 fully saturated rings. The fourth-order valence-corrected chi connectivity index (χ4v) is 2.15. The number of pyridine rings is 2. The summed E-state index contributed by atoms with van der Waals surface area (Å²) >= 11 is 1.09. The molecule has 0 aromatic carbocycles. The fourth-order valence-electron chi connectivity index (χ4n) is 1.59. The lowest BCUT2D eigenvalue weighted by Crippen LogP contribution is -2.14. The van der Waals surface area contributed by atoms with Crippen LogP contribution in [0.2, 0.25) is 0 Å². The summed E-state index contributed by atoms with van der Waals surface area (Å²) in [6.45, 7) is 0. The molecule has 0 aliphatic rings. The van der Waals surface area contributed by atoms with Gasteiger partial charge in [0.25, 0.3) is 0 Å². The summed E-state index contributed by atoms with van der Waals surface area (Å²) in [6, 6.07) is 11.1. The summed E-state index contributed by atoms with van der Waals surface area (Å²) in [5.41, 5.74) is 0. The van der Waals surface area contributed by atoms with Crippen molar-refractivity contribution in [3.63, 3.8) is 0 Å². The number of nitrogens with one attached hydrogen (secondary N) is 2. The quantitative estimate of drug-likeness (QED) is 0.762. The number of aromatic nitrogens is 4. The molecule has 0 aliphatic carbocycles. The molecule has 0 aliphatic heterocycles. The zero-order valence-electron chi connectivity index (χ0n) is 9.82. The molecule has 19 heavy (non-hydrogen) atoms. The molecule has 7 heteroatoms. The Hall–Kier alpha value is -2.54. The van der Waals surface area contributed by atoms with E-state index in [1.54, 1.807) is 17.0 Å². The minimum atomic E-state index is 0.303. The fraction of sp³-hybridized carbons (Fsp3) is 0.